The molecule has 96 valence electrons. The molecule has 0 saturated carbocycles. The number of ether oxygens (including phenoxy) is 1. The summed E-state index contributed by atoms with van der Waals surface area (Å²) < 4.78 is 6.79. The first-order chi connectivity index (χ1) is 8.63. The Balaban J connectivity index is 2.15. The standard InChI is InChI=1S/C14H18N2O2/c1-15(14(17)18-3)9-8-11-10-16(2)13-7-5-4-6-12(11)13/h4-7,10H,8-9H2,1-3H3. The van der Waals surface area contributed by atoms with Crippen molar-refractivity contribution in [2.24, 2.45) is 7.05 Å². The van der Waals surface area contributed by atoms with Gasteiger partial charge in [-0.1, -0.05) is 18.2 Å². The van der Waals surface area contributed by atoms with Crippen molar-refractivity contribution in [3.63, 3.8) is 0 Å². The van der Waals surface area contributed by atoms with E-state index in [4.69, 9.17) is 0 Å². The van der Waals surface area contributed by atoms with Gasteiger partial charge in [-0.25, -0.2) is 4.79 Å². The van der Waals surface area contributed by atoms with Crippen LogP contribution >= 0.6 is 0 Å². The Kier molecular flexibility index (Phi) is 3.55. The highest BCUT2D eigenvalue weighted by Crippen LogP contribution is 2.20. The maximum Gasteiger partial charge on any atom is 0.409 e. The Morgan fingerprint density at radius 3 is 2.83 bits per heavy atom. The molecule has 4 nitrogen and oxygen atoms in total. The molecule has 1 aromatic carbocycles. The molecule has 0 unspecified atom stereocenters. The van der Waals surface area contributed by atoms with E-state index in [1.807, 2.05) is 19.2 Å². The minimum absolute atomic E-state index is 0.296. The third kappa shape index (κ3) is 2.32. The van der Waals surface area contributed by atoms with Crippen LogP contribution in [-0.2, 0) is 18.2 Å². The van der Waals surface area contributed by atoms with E-state index in [1.165, 1.54) is 23.6 Å². The van der Waals surface area contributed by atoms with Gasteiger partial charge in [-0.15, -0.1) is 0 Å². The highest BCUT2D eigenvalue weighted by molar-refractivity contribution is 5.83. The van der Waals surface area contributed by atoms with E-state index in [9.17, 15) is 4.79 Å². The van der Waals surface area contributed by atoms with Crippen molar-refractivity contribution in [1.82, 2.24) is 9.47 Å². The van der Waals surface area contributed by atoms with Crippen LogP contribution in [0.25, 0.3) is 10.9 Å². The third-order valence-electron chi connectivity index (χ3n) is 3.18. The molecule has 1 heterocycles. The molecule has 0 saturated heterocycles. The Labute approximate surface area is 107 Å². The van der Waals surface area contributed by atoms with Gasteiger partial charge < -0.3 is 14.2 Å². The summed E-state index contributed by atoms with van der Waals surface area (Å²) >= 11 is 0. The van der Waals surface area contributed by atoms with Gasteiger partial charge in [0, 0.05) is 37.7 Å². The molecule has 0 aliphatic carbocycles. The van der Waals surface area contributed by atoms with Crippen LogP contribution in [0.2, 0.25) is 0 Å². The summed E-state index contributed by atoms with van der Waals surface area (Å²) in [5, 5.41) is 1.25. The SMILES string of the molecule is COC(=O)N(C)CCc1cn(C)c2ccccc12. The van der Waals surface area contributed by atoms with Crippen molar-refractivity contribution in [2.75, 3.05) is 20.7 Å². The number of aromatic nitrogens is 1. The van der Waals surface area contributed by atoms with E-state index in [0.29, 0.717) is 6.54 Å². The second-order valence-electron chi connectivity index (χ2n) is 4.42. The second kappa shape index (κ2) is 5.12. The van der Waals surface area contributed by atoms with Crippen LogP contribution in [0.3, 0.4) is 0 Å². The Morgan fingerprint density at radius 1 is 1.39 bits per heavy atom. The number of hydrogen-bond acceptors (Lipinski definition) is 2. The van der Waals surface area contributed by atoms with Crippen molar-refractivity contribution < 1.29 is 9.53 Å². The number of methoxy groups -OCH3 is 1. The van der Waals surface area contributed by atoms with Crippen molar-refractivity contribution in [3.05, 3.63) is 36.0 Å². The van der Waals surface area contributed by atoms with E-state index in [1.54, 1.807) is 11.9 Å². The predicted octanol–water partition coefficient (Wildman–Crippen LogP) is 2.42. The fourth-order valence-corrected chi connectivity index (χ4v) is 2.16. The first kappa shape index (κ1) is 12.5. The zero-order valence-electron chi connectivity index (χ0n) is 11.0. The summed E-state index contributed by atoms with van der Waals surface area (Å²) in [7, 11) is 5.18. The molecule has 1 amide bonds. The summed E-state index contributed by atoms with van der Waals surface area (Å²) in [5.41, 5.74) is 2.47. The molecule has 18 heavy (non-hydrogen) atoms. The van der Waals surface area contributed by atoms with Crippen molar-refractivity contribution >= 4 is 17.0 Å². The number of nitrogens with zero attached hydrogens (tertiary/aromatic N) is 2. The minimum atomic E-state index is -0.296. The second-order valence-corrected chi connectivity index (χ2v) is 4.42. The molecule has 2 rings (SSSR count). The van der Waals surface area contributed by atoms with E-state index in [-0.39, 0.29) is 6.09 Å². The van der Waals surface area contributed by atoms with E-state index >= 15 is 0 Å². The fraction of sp³-hybridized carbons (Fsp3) is 0.357. The monoisotopic (exact) mass is 246 g/mol. The number of aryl methyl sites for hydroxylation is 1. The molecule has 1 aromatic heterocycles. The molecule has 0 N–H and O–H groups in total. The van der Waals surface area contributed by atoms with Gasteiger partial charge in [-0.05, 0) is 18.1 Å². The number of hydrogen-bond donors (Lipinski definition) is 0. The van der Waals surface area contributed by atoms with Crippen molar-refractivity contribution in [3.8, 4) is 0 Å². The number of rotatable bonds is 3. The molecule has 0 spiro atoms. The van der Waals surface area contributed by atoms with E-state index in [2.05, 4.69) is 27.6 Å². The van der Waals surface area contributed by atoms with Gasteiger partial charge >= 0.3 is 6.09 Å². The summed E-state index contributed by atoms with van der Waals surface area (Å²) in [4.78, 5) is 12.9. The molecule has 0 aliphatic rings. The summed E-state index contributed by atoms with van der Waals surface area (Å²) in [6, 6.07) is 8.29. The van der Waals surface area contributed by atoms with Gasteiger partial charge in [0.15, 0.2) is 0 Å². The number of likely N-dealkylation sites (N-methyl/N-ethyl adjacent to an activating group) is 1. The van der Waals surface area contributed by atoms with Crippen molar-refractivity contribution in [2.45, 2.75) is 6.42 Å². The first-order valence-corrected chi connectivity index (χ1v) is 5.95. The smallest absolute Gasteiger partial charge is 0.409 e. The lowest BCUT2D eigenvalue weighted by Crippen LogP contribution is -2.28. The topological polar surface area (TPSA) is 34.5 Å². The lowest BCUT2D eigenvalue weighted by molar-refractivity contribution is 0.134. The van der Waals surface area contributed by atoms with Gasteiger partial charge in [0.2, 0.25) is 0 Å². The summed E-state index contributed by atoms with van der Waals surface area (Å²) in [6.45, 7) is 0.653. The van der Waals surface area contributed by atoms with Gasteiger partial charge in [0.05, 0.1) is 7.11 Å². The van der Waals surface area contributed by atoms with Crippen LogP contribution in [0.4, 0.5) is 4.79 Å². The van der Waals surface area contributed by atoms with Crippen LogP contribution in [0.1, 0.15) is 5.56 Å². The Hall–Kier alpha value is -1.97. The number of fused-ring (bicyclic) bond motifs is 1. The molecule has 0 bridgehead atoms. The normalized spacial score (nSPS) is 10.6. The maximum absolute atomic E-state index is 11.3. The molecule has 0 fully saturated rings. The maximum atomic E-state index is 11.3. The average Bonchev–Trinajstić information content (AvgIpc) is 2.72. The van der Waals surface area contributed by atoms with Crippen LogP contribution < -0.4 is 0 Å². The zero-order chi connectivity index (χ0) is 13.1. The molecular weight excluding hydrogens is 228 g/mol. The summed E-state index contributed by atoms with van der Waals surface area (Å²) in [6.07, 6.45) is 2.65. The molecule has 0 radical (unpaired) electrons. The molecule has 2 aromatic rings. The zero-order valence-corrected chi connectivity index (χ0v) is 11.0. The van der Waals surface area contributed by atoms with Crippen LogP contribution in [0.15, 0.2) is 30.5 Å². The lowest BCUT2D eigenvalue weighted by Gasteiger charge is -2.14. The largest absolute Gasteiger partial charge is 0.453 e. The number of carbonyl (C=O) groups excluding carboxylic acids is 1. The number of amides is 1. The Morgan fingerprint density at radius 2 is 2.11 bits per heavy atom. The molecular formula is C14H18N2O2. The highest BCUT2D eigenvalue weighted by Gasteiger charge is 2.10. The fourth-order valence-electron chi connectivity index (χ4n) is 2.16. The molecule has 0 atom stereocenters. The van der Waals surface area contributed by atoms with Crippen LogP contribution in [0.5, 0.6) is 0 Å². The minimum Gasteiger partial charge on any atom is -0.453 e. The van der Waals surface area contributed by atoms with Gasteiger partial charge in [0.25, 0.3) is 0 Å². The number of carbonyl (C=O) groups is 1. The van der Waals surface area contributed by atoms with E-state index in [0.717, 1.165) is 6.42 Å². The van der Waals surface area contributed by atoms with Crippen LogP contribution in [0, 0.1) is 0 Å². The van der Waals surface area contributed by atoms with Crippen LogP contribution in [-0.4, -0.2) is 36.3 Å². The molecule has 0 aliphatic heterocycles. The quantitative estimate of drug-likeness (QED) is 0.833. The number of para-hydroxylation sites is 1. The van der Waals surface area contributed by atoms with Gasteiger partial charge in [-0.2, -0.15) is 0 Å². The Bertz CT molecular complexity index is 560. The lowest BCUT2D eigenvalue weighted by atomic mass is 10.1. The summed E-state index contributed by atoms with van der Waals surface area (Å²) in [5.74, 6) is 0. The average molecular weight is 246 g/mol. The van der Waals surface area contributed by atoms with Gasteiger partial charge in [-0.3, -0.25) is 0 Å². The van der Waals surface area contributed by atoms with E-state index < -0.39 is 0 Å². The van der Waals surface area contributed by atoms with Crippen molar-refractivity contribution in [1.29, 1.82) is 0 Å². The number of benzene rings is 1. The first-order valence-electron chi connectivity index (χ1n) is 5.95. The predicted molar refractivity (Wildman–Crippen MR) is 71.7 cm³/mol. The molecule has 4 heteroatoms. The third-order valence-corrected chi connectivity index (χ3v) is 3.18. The highest BCUT2D eigenvalue weighted by atomic mass is 16.5. The van der Waals surface area contributed by atoms with Gasteiger partial charge in [0.1, 0.15) is 0 Å².